The summed E-state index contributed by atoms with van der Waals surface area (Å²) < 4.78 is 11.3. The summed E-state index contributed by atoms with van der Waals surface area (Å²) in [5.74, 6) is -0.348. The third kappa shape index (κ3) is 5.96. The van der Waals surface area contributed by atoms with E-state index in [4.69, 9.17) is 9.47 Å². The minimum atomic E-state index is -0.738. The number of carbonyl (C=O) groups is 3. The number of aromatic nitrogens is 1. The molecule has 2 amide bonds. The zero-order valence-electron chi connectivity index (χ0n) is 22.9. The smallest absolute Gasteiger partial charge is 0.342 e. The van der Waals surface area contributed by atoms with E-state index in [1.807, 2.05) is 61.5 Å². The quantitative estimate of drug-likeness (QED) is 0.188. The fourth-order valence-electron chi connectivity index (χ4n) is 5.02. The van der Waals surface area contributed by atoms with Crippen LogP contribution in [0.5, 0.6) is 17.2 Å². The molecule has 1 aliphatic rings. The van der Waals surface area contributed by atoms with E-state index in [1.54, 1.807) is 31.2 Å². The number of ether oxygens (including phenoxy) is 2. The van der Waals surface area contributed by atoms with E-state index in [0.29, 0.717) is 22.4 Å². The van der Waals surface area contributed by atoms with Gasteiger partial charge < -0.3 is 14.6 Å². The number of hydrogen-bond acceptors (Lipinski definition) is 7. The number of aryl methyl sites for hydroxylation is 1. The number of hydrogen-bond donors (Lipinski definition) is 1. The Kier molecular flexibility index (Phi) is 8.10. The van der Waals surface area contributed by atoms with E-state index in [9.17, 15) is 19.5 Å². The number of rotatable bonds is 10. The highest BCUT2D eigenvalue weighted by atomic mass is 16.5. The van der Waals surface area contributed by atoms with Crippen molar-refractivity contribution in [3.8, 4) is 17.2 Å². The first-order valence-electron chi connectivity index (χ1n) is 13.5. The molecule has 0 spiro atoms. The predicted octanol–water partition coefficient (Wildman–Crippen LogP) is 6.08. The number of nitrogens with zero attached hydrogens (tertiary/aromatic N) is 2. The van der Waals surface area contributed by atoms with Crippen LogP contribution in [-0.2, 0) is 11.2 Å². The van der Waals surface area contributed by atoms with Gasteiger partial charge in [0.05, 0.1) is 23.9 Å². The summed E-state index contributed by atoms with van der Waals surface area (Å²) in [6.07, 6.45) is 2.77. The second-order valence-electron chi connectivity index (χ2n) is 9.97. The maximum Gasteiger partial charge on any atom is 0.342 e. The Bertz CT molecular complexity index is 1570. The van der Waals surface area contributed by atoms with Crippen LogP contribution in [0.3, 0.4) is 0 Å². The highest BCUT2D eigenvalue weighted by molar-refractivity contribution is 6.21. The van der Waals surface area contributed by atoms with E-state index in [2.05, 4.69) is 4.98 Å². The van der Waals surface area contributed by atoms with Gasteiger partial charge >= 0.3 is 5.97 Å². The zero-order valence-corrected chi connectivity index (χ0v) is 22.9. The first-order valence-corrected chi connectivity index (χ1v) is 13.5. The van der Waals surface area contributed by atoms with Crippen LogP contribution in [0, 0.1) is 6.92 Å². The van der Waals surface area contributed by atoms with E-state index in [1.165, 1.54) is 6.20 Å². The Morgan fingerprint density at radius 1 is 0.927 bits per heavy atom. The first-order chi connectivity index (χ1) is 19.8. The minimum Gasteiger partial charge on any atom is -0.505 e. The molecule has 3 aromatic carbocycles. The Morgan fingerprint density at radius 2 is 1.59 bits per heavy atom. The Hall–Kier alpha value is -4.98. The highest BCUT2D eigenvalue weighted by Gasteiger charge is 2.35. The summed E-state index contributed by atoms with van der Waals surface area (Å²) in [6.45, 7) is 3.47. The maximum atomic E-state index is 13.0. The molecular formula is C33H30N2O6. The lowest BCUT2D eigenvalue weighted by molar-refractivity contribution is 0.0416. The van der Waals surface area contributed by atoms with Crippen molar-refractivity contribution in [3.05, 3.63) is 119 Å². The molecule has 0 saturated carbocycles. The topological polar surface area (TPSA) is 106 Å². The number of carbonyl (C=O) groups excluding carboxylic acids is 3. The van der Waals surface area contributed by atoms with Gasteiger partial charge in [0.1, 0.15) is 29.4 Å². The lowest BCUT2D eigenvalue weighted by Crippen LogP contribution is -2.33. The molecule has 8 nitrogen and oxygen atoms in total. The molecule has 41 heavy (non-hydrogen) atoms. The normalized spacial score (nSPS) is 13.2. The van der Waals surface area contributed by atoms with Crippen molar-refractivity contribution in [1.82, 2.24) is 9.88 Å². The minimum absolute atomic E-state index is 0.0146. The Balaban J connectivity index is 1.20. The van der Waals surface area contributed by atoms with Crippen LogP contribution in [0.4, 0.5) is 0 Å². The van der Waals surface area contributed by atoms with Crippen molar-refractivity contribution in [3.63, 3.8) is 0 Å². The van der Waals surface area contributed by atoms with Crippen molar-refractivity contribution in [1.29, 1.82) is 0 Å². The molecular weight excluding hydrogens is 520 g/mol. The summed E-state index contributed by atoms with van der Waals surface area (Å²) in [7, 11) is 0. The van der Waals surface area contributed by atoms with Crippen molar-refractivity contribution in [2.24, 2.45) is 0 Å². The van der Waals surface area contributed by atoms with Gasteiger partial charge in [-0.2, -0.15) is 0 Å². The molecule has 1 N–H and O–H groups in total. The van der Waals surface area contributed by atoms with Crippen LogP contribution in [0.2, 0.25) is 0 Å². The van der Waals surface area contributed by atoms with Gasteiger partial charge in [-0.15, -0.1) is 0 Å². The number of esters is 1. The average Bonchev–Trinajstić information content (AvgIpc) is 3.22. The van der Waals surface area contributed by atoms with Crippen molar-refractivity contribution < 1.29 is 29.0 Å². The predicted molar refractivity (Wildman–Crippen MR) is 152 cm³/mol. The molecule has 8 heteroatoms. The van der Waals surface area contributed by atoms with Crippen molar-refractivity contribution in [2.45, 2.75) is 32.6 Å². The molecule has 2 heterocycles. The van der Waals surface area contributed by atoms with Gasteiger partial charge in [-0.3, -0.25) is 19.5 Å². The Morgan fingerprint density at radius 3 is 2.29 bits per heavy atom. The number of amides is 2. The van der Waals surface area contributed by atoms with Gasteiger partial charge in [-0.1, -0.05) is 49.4 Å². The number of pyridine rings is 1. The van der Waals surface area contributed by atoms with Crippen LogP contribution >= 0.6 is 0 Å². The Labute approximate surface area is 238 Å². The van der Waals surface area contributed by atoms with E-state index >= 15 is 0 Å². The second kappa shape index (κ2) is 12.0. The van der Waals surface area contributed by atoms with Gasteiger partial charge in [0.15, 0.2) is 0 Å². The third-order valence-electron chi connectivity index (χ3n) is 7.18. The summed E-state index contributed by atoms with van der Waals surface area (Å²) in [5.41, 5.74) is 3.02. The molecule has 4 aromatic rings. The number of fused-ring (bicyclic) bond motifs is 1. The van der Waals surface area contributed by atoms with Gasteiger partial charge in [-0.05, 0) is 73.2 Å². The van der Waals surface area contributed by atoms with Gasteiger partial charge in [0.2, 0.25) is 0 Å². The standard InChI is InChI=1S/C33H30N2O6/c1-21(15-16-23-9-8-12-25(19-23)41-24-10-4-3-5-11-24)30-22(2)29(28(36)20-34-30)33(39)40-18-17-35-31(37)26-13-6-7-14-27(26)32(35)38/h3-14,19-21,36H,15-18H2,1-2H3. The van der Waals surface area contributed by atoms with Crippen LogP contribution < -0.4 is 4.74 Å². The number of para-hydroxylation sites is 1. The van der Waals surface area contributed by atoms with Crippen LogP contribution in [0.25, 0.3) is 0 Å². The molecule has 1 aliphatic heterocycles. The van der Waals surface area contributed by atoms with Gasteiger partial charge in [-0.25, -0.2) is 4.79 Å². The molecule has 0 bridgehead atoms. The third-order valence-corrected chi connectivity index (χ3v) is 7.18. The zero-order chi connectivity index (χ0) is 28.9. The van der Waals surface area contributed by atoms with Crippen LogP contribution in [-0.4, -0.2) is 45.9 Å². The van der Waals surface area contributed by atoms with Crippen LogP contribution in [0.1, 0.15) is 67.2 Å². The van der Waals surface area contributed by atoms with E-state index < -0.39 is 17.8 Å². The van der Waals surface area contributed by atoms with Gasteiger partial charge in [0.25, 0.3) is 11.8 Å². The van der Waals surface area contributed by atoms with Gasteiger partial charge in [0, 0.05) is 5.69 Å². The molecule has 1 atom stereocenters. The molecule has 5 rings (SSSR count). The average molecular weight is 551 g/mol. The second-order valence-corrected chi connectivity index (χ2v) is 9.97. The lowest BCUT2D eigenvalue weighted by Gasteiger charge is -2.18. The molecule has 0 fully saturated rings. The van der Waals surface area contributed by atoms with Crippen molar-refractivity contribution in [2.75, 3.05) is 13.2 Å². The van der Waals surface area contributed by atoms with E-state index in [-0.39, 0.29) is 30.4 Å². The molecule has 1 unspecified atom stereocenters. The number of benzene rings is 3. The lowest BCUT2D eigenvalue weighted by atomic mass is 9.93. The summed E-state index contributed by atoms with van der Waals surface area (Å²) >= 11 is 0. The summed E-state index contributed by atoms with van der Waals surface area (Å²) in [6, 6.07) is 24.1. The maximum absolute atomic E-state index is 13.0. The van der Waals surface area contributed by atoms with Crippen LogP contribution in [0.15, 0.2) is 85.1 Å². The number of aromatic hydroxyl groups is 1. The van der Waals surface area contributed by atoms with E-state index in [0.717, 1.165) is 34.8 Å². The molecule has 0 aliphatic carbocycles. The number of imide groups is 1. The fraction of sp³-hybridized carbons (Fsp3) is 0.212. The molecule has 0 saturated heterocycles. The SMILES string of the molecule is Cc1c(C(C)CCc2cccc(Oc3ccccc3)c2)ncc(O)c1C(=O)OCCN1C(=O)c2ccccc2C1=O. The highest BCUT2D eigenvalue weighted by Crippen LogP contribution is 2.30. The molecule has 0 radical (unpaired) electrons. The summed E-state index contributed by atoms with van der Waals surface area (Å²) in [5, 5.41) is 10.4. The van der Waals surface area contributed by atoms with Crippen molar-refractivity contribution >= 4 is 17.8 Å². The first kappa shape index (κ1) is 27.6. The fourth-order valence-corrected chi connectivity index (χ4v) is 5.02. The molecule has 208 valence electrons. The largest absolute Gasteiger partial charge is 0.505 e. The monoisotopic (exact) mass is 550 g/mol. The summed E-state index contributed by atoms with van der Waals surface area (Å²) in [4.78, 5) is 43.6. The molecule has 1 aromatic heterocycles.